The van der Waals surface area contributed by atoms with E-state index in [4.69, 9.17) is 0 Å². The zero-order valence-corrected chi connectivity index (χ0v) is 27.1. The van der Waals surface area contributed by atoms with Crippen LogP contribution in [0, 0.1) is 0 Å². The summed E-state index contributed by atoms with van der Waals surface area (Å²) in [4.78, 5) is 2.44. The number of hydrogen-bond donors (Lipinski definition) is 0. The summed E-state index contributed by atoms with van der Waals surface area (Å²) < 4.78 is 2.42. The number of benzene rings is 7. The maximum atomic E-state index is 2.47. The quantitative estimate of drug-likeness (QED) is 0.180. The van der Waals surface area contributed by atoms with Gasteiger partial charge in [0.05, 0.1) is 11.0 Å². The molecule has 8 aromatic rings. The van der Waals surface area contributed by atoms with Crippen molar-refractivity contribution >= 4 is 49.6 Å². The fourth-order valence-corrected chi connectivity index (χ4v) is 8.32. The van der Waals surface area contributed by atoms with E-state index in [1.165, 1.54) is 87.2 Å². The molecule has 0 atom stereocenters. The fourth-order valence-electron chi connectivity index (χ4n) is 8.32. The number of aromatic nitrogens is 1. The van der Waals surface area contributed by atoms with E-state index in [9.17, 15) is 0 Å². The molecule has 1 heterocycles. The highest BCUT2D eigenvalue weighted by atomic mass is 15.1. The van der Waals surface area contributed by atoms with E-state index < -0.39 is 0 Å². The van der Waals surface area contributed by atoms with E-state index in [-0.39, 0.29) is 5.41 Å². The molecule has 1 aromatic heterocycles. The average molecular weight is 619 g/mol. The van der Waals surface area contributed by atoms with Crippen molar-refractivity contribution in [1.82, 2.24) is 4.57 Å². The van der Waals surface area contributed by atoms with Crippen molar-refractivity contribution in [3.8, 4) is 5.69 Å². The SMILES string of the molecule is c1ccc(N(c2cccc(C3(c4ccccc4)CCCCC3)c2)c2ccc3c(c2)c2ccccc2n3-c2ccc3ccccc3c2)cc1. The third-order valence-electron chi connectivity index (χ3n) is 10.6. The van der Waals surface area contributed by atoms with Gasteiger partial charge in [-0.05, 0) is 95.4 Å². The summed E-state index contributed by atoms with van der Waals surface area (Å²) in [5.74, 6) is 0. The zero-order valence-electron chi connectivity index (χ0n) is 27.1. The van der Waals surface area contributed by atoms with Crippen LogP contribution < -0.4 is 4.90 Å². The summed E-state index contributed by atoms with van der Waals surface area (Å²) in [6.07, 6.45) is 6.22. The Kier molecular flexibility index (Phi) is 7.08. The van der Waals surface area contributed by atoms with Crippen molar-refractivity contribution in [1.29, 1.82) is 0 Å². The van der Waals surface area contributed by atoms with Gasteiger partial charge in [-0.3, -0.25) is 0 Å². The van der Waals surface area contributed by atoms with Crippen LogP contribution in [0.4, 0.5) is 17.1 Å². The van der Waals surface area contributed by atoms with Crippen LogP contribution >= 0.6 is 0 Å². The maximum absolute atomic E-state index is 2.47. The minimum absolute atomic E-state index is 0.0368. The summed E-state index contributed by atoms with van der Waals surface area (Å²) in [5, 5.41) is 5.02. The third kappa shape index (κ3) is 4.79. The van der Waals surface area contributed by atoms with Crippen molar-refractivity contribution in [3.05, 3.63) is 181 Å². The highest BCUT2D eigenvalue weighted by molar-refractivity contribution is 6.11. The van der Waals surface area contributed by atoms with Gasteiger partial charge in [0.25, 0.3) is 0 Å². The molecule has 1 aliphatic carbocycles. The van der Waals surface area contributed by atoms with Crippen molar-refractivity contribution < 1.29 is 0 Å². The molecule has 1 saturated carbocycles. The fraction of sp³-hybridized carbons (Fsp3) is 0.130. The number of nitrogens with zero attached hydrogens (tertiary/aromatic N) is 2. The van der Waals surface area contributed by atoms with Crippen molar-refractivity contribution in [3.63, 3.8) is 0 Å². The van der Waals surface area contributed by atoms with E-state index in [0.717, 1.165) is 11.4 Å². The Bertz CT molecular complexity index is 2380. The van der Waals surface area contributed by atoms with Gasteiger partial charge >= 0.3 is 0 Å². The highest BCUT2D eigenvalue weighted by Gasteiger charge is 2.36. The molecule has 0 radical (unpaired) electrons. The minimum Gasteiger partial charge on any atom is -0.310 e. The lowest BCUT2D eigenvalue weighted by molar-refractivity contribution is 0.346. The van der Waals surface area contributed by atoms with Crippen LogP contribution in [0.1, 0.15) is 43.2 Å². The van der Waals surface area contributed by atoms with Gasteiger partial charge in [0.15, 0.2) is 0 Å². The second-order valence-corrected chi connectivity index (χ2v) is 13.3. The van der Waals surface area contributed by atoms with Gasteiger partial charge < -0.3 is 9.47 Å². The smallest absolute Gasteiger partial charge is 0.0542 e. The Morgan fingerprint density at radius 2 is 1.06 bits per heavy atom. The zero-order chi connectivity index (χ0) is 31.9. The molecule has 0 N–H and O–H groups in total. The van der Waals surface area contributed by atoms with Gasteiger partial charge in [-0.25, -0.2) is 0 Å². The van der Waals surface area contributed by atoms with E-state index in [2.05, 4.69) is 179 Å². The lowest BCUT2D eigenvalue weighted by Crippen LogP contribution is -2.30. The monoisotopic (exact) mass is 618 g/mol. The molecule has 7 aromatic carbocycles. The molecule has 0 bridgehead atoms. The predicted octanol–water partition coefficient (Wildman–Crippen LogP) is 12.7. The van der Waals surface area contributed by atoms with Crippen LogP contribution in [-0.2, 0) is 5.41 Å². The number of anilines is 3. The predicted molar refractivity (Wildman–Crippen MR) is 203 cm³/mol. The summed E-state index contributed by atoms with van der Waals surface area (Å²) in [7, 11) is 0. The van der Waals surface area contributed by atoms with Gasteiger partial charge in [0.2, 0.25) is 0 Å². The van der Waals surface area contributed by atoms with E-state index >= 15 is 0 Å². The lowest BCUT2D eigenvalue weighted by Gasteiger charge is -2.39. The Morgan fingerprint density at radius 1 is 0.417 bits per heavy atom. The van der Waals surface area contributed by atoms with Crippen LogP contribution in [0.15, 0.2) is 170 Å². The standard InChI is InChI=1S/C46H38N2/c1-4-17-36(18-5-1)46(29-12-3-13-30-46)37-19-14-22-39(32-37)47(38-20-6-2-7-21-38)41-27-28-45-43(33-41)42-23-10-11-24-44(42)48(45)40-26-25-34-15-8-9-16-35(34)31-40/h1-2,4-11,14-28,31-33H,3,12-13,29-30H2. The molecule has 9 rings (SSSR count). The second-order valence-electron chi connectivity index (χ2n) is 13.3. The Balaban J connectivity index is 1.22. The molecule has 0 unspecified atom stereocenters. The summed E-state index contributed by atoms with van der Waals surface area (Å²) in [6, 6.07) is 62.7. The molecule has 1 fully saturated rings. The number of para-hydroxylation sites is 2. The topological polar surface area (TPSA) is 8.17 Å². The molecule has 48 heavy (non-hydrogen) atoms. The molecule has 0 amide bonds. The summed E-state index contributed by atoms with van der Waals surface area (Å²) in [6.45, 7) is 0. The number of rotatable bonds is 6. The van der Waals surface area contributed by atoms with Gasteiger partial charge in [0.1, 0.15) is 0 Å². The minimum atomic E-state index is 0.0368. The van der Waals surface area contributed by atoms with Crippen LogP contribution in [-0.4, -0.2) is 4.57 Å². The summed E-state index contributed by atoms with van der Waals surface area (Å²) >= 11 is 0. The molecule has 0 aliphatic heterocycles. The molecule has 232 valence electrons. The first-order valence-corrected chi connectivity index (χ1v) is 17.3. The molecular formula is C46H38N2. The highest BCUT2D eigenvalue weighted by Crippen LogP contribution is 2.47. The summed E-state index contributed by atoms with van der Waals surface area (Å²) in [5.41, 5.74) is 10.0. The van der Waals surface area contributed by atoms with E-state index in [1.807, 2.05) is 0 Å². The number of fused-ring (bicyclic) bond motifs is 4. The van der Waals surface area contributed by atoms with Gasteiger partial charge in [-0.2, -0.15) is 0 Å². The molecule has 0 spiro atoms. The van der Waals surface area contributed by atoms with Crippen LogP contribution in [0.25, 0.3) is 38.3 Å². The first-order chi connectivity index (χ1) is 23.8. The van der Waals surface area contributed by atoms with Crippen molar-refractivity contribution in [2.24, 2.45) is 0 Å². The molecule has 2 nitrogen and oxygen atoms in total. The first-order valence-electron chi connectivity index (χ1n) is 17.3. The van der Waals surface area contributed by atoms with Gasteiger partial charge in [-0.15, -0.1) is 0 Å². The third-order valence-corrected chi connectivity index (χ3v) is 10.6. The van der Waals surface area contributed by atoms with Crippen LogP contribution in [0.2, 0.25) is 0 Å². The largest absolute Gasteiger partial charge is 0.310 e. The second kappa shape index (κ2) is 11.9. The van der Waals surface area contributed by atoms with Crippen LogP contribution in [0.5, 0.6) is 0 Å². The molecular weight excluding hydrogens is 581 g/mol. The van der Waals surface area contributed by atoms with Crippen molar-refractivity contribution in [2.75, 3.05) is 4.90 Å². The molecule has 0 saturated heterocycles. The van der Waals surface area contributed by atoms with Crippen molar-refractivity contribution in [2.45, 2.75) is 37.5 Å². The van der Waals surface area contributed by atoms with Gasteiger partial charge in [0, 0.05) is 38.9 Å². The number of hydrogen-bond acceptors (Lipinski definition) is 1. The Labute approximate surface area is 282 Å². The normalized spacial score (nSPS) is 14.4. The molecule has 1 aliphatic rings. The average Bonchev–Trinajstić information content (AvgIpc) is 3.50. The Morgan fingerprint density at radius 3 is 1.90 bits per heavy atom. The van der Waals surface area contributed by atoms with E-state index in [0.29, 0.717) is 0 Å². The van der Waals surface area contributed by atoms with E-state index in [1.54, 1.807) is 0 Å². The maximum Gasteiger partial charge on any atom is 0.0542 e. The molecule has 2 heteroatoms. The van der Waals surface area contributed by atoms with Crippen LogP contribution in [0.3, 0.4) is 0 Å². The Hall–Kier alpha value is -5.60. The lowest BCUT2D eigenvalue weighted by atomic mass is 9.65. The first kappa shape index (κ1) is 28.6. The van der Waals surface area contributed by atoms with Gasteiger partial charge in [-0.1, -0.05) is 128 Å².